The highest BCUT2D eigenvalue weighted by Crippen LogP contribution is 2.25. The number of para-hydroxylation sites is 1. The Bertz CT molecular complexity index is 655. The van der Waals surface area contributed by atoms with Crippen LogP contribution in [0.3, 0.4) is 0 Å². The first-order chi connectivity index (χ1) is 10.2. The molecule has 3 rings (SSSR count). The van der Waals surface area contributed by atoms with Gasteiger partial charge in [-0.3, -0.25) is 0 Å². The molecule has 3 nitrogen and oxygen atoms in total. The Hall–Kier alpha value is -2.04. The maximum atomic E-state index is 12.9. The van der Waals surface area contributed by atoms with Gasteiger partial charge in [-0.25, -0.2) is 18.7 Å². The predicted molar refractivity (Wildman–Crippen MR) is 79.5 cm³/mol. The highest BCUT2D eigenvalue weighted by Gasteiger charge is 2.16. The van der Waals surface area contributed by atoms with Crippen molar-refractivity contribution < 1.29 is 8.78 Å². The van der Waals surface area contributed by atoms with Gasteiger partial charge in [0.25, 0.3) is 6.43 Å². The molecule has 0 bridgehead atoms. The quantitative estimate of drug-likeness (QED) is 0.851. The molecule has 5 heteroatoms. The minimum absolute atomic E-state index is 0.417. The summed E-state index contributed by atoms with van der Waals surface area (Å²) in [6, 6.07) is 7.24. The van der Waals surface area contributed by atoms with Gasteiger partial charge < -0.3 is 5.32 Å². The van der Waals surface area contributed by atoms with E-state index in [4.69, 9.17) is 0 Å². The van der Waals surface area contributed by atoms with E-state index in [-0.39, 0.29) is 0 Å². The number of anilines is 1. The van der Waals surface area contributed by atoms with E-state index in [1.54, 1.807) is 12.1 Å². The molecule has 21 heavy (non-hydrogen) atoms. The van der Waals surface area contributed by atoms with Crippen LogP contribution in [0.2, 0.25) is 0 Å². The van der Waals surface area contributed by atoms with E-state index in [0.717, 1.165) is 31.2 Å². The first-order valence-corrected chi connectivity index (χ1v) is 7.18. The first-order valence-electron chi connectivity index (χ1n) is 7.18. The van der Waals surface area contributed by atoms with Crippen molar-refractivity contribution in [3.05, 3.63) is 42.2 Å². The molecule has 0 fully saturated rings. The van der Waals surface area contributed by atoms with E-state index < -0.39 is 12.2 Å². The summed E-state index contributed by atoms with van der Waals surface area (Å²) in [5.74, 6) is 0.615. The van der Waals surface area contributed by atoms with Gasteiger partial charge in [0.1, 0.15) is 5.82 Å². The molecule has 1 atom stereocenters. The van der Waals surface area contributed by atoms with Crippen molar-refractivity contribution in [3.8, 4) is 0 Å². The number of benzene rings is 1. The zero-order valence-electron chi connectivity index (χ0n) is 11.6. The van der Waals surface area contributed by atoms with Gasteiger partial charge in [-0.1, -0.05) is 24.3 Å². The zero-order chi connectivity index (χ0) is 14.7. The third-order valence-corrected chi connectivity index (χ3v) is 3.75. The second kappa shape index (κ2) is 6.16. The normalized spacial score (nSPS) is 18.3. The SMILES string of the molecule is FC(F)c1nc(NCC2CC=CCC2)c2ccccc2n1. The van der Waals surface area contributed by atoms with Crippen molar-refractivity contribution in [2.24, 2.45) is 5.92 Å². The standard InChI is InChI=1S/C16H17F2N3/c17-14(18)16-20-13-9-5-4-8-12(13)15(21-16)19-10-11-6-2-1-3-7-11/h1-2,4-5,8-9,11,14H,3,6-7,10H2,(H,19,20,21). The molecule has 1 heterocycles. The highest BCUT2D eigenvalue weighted by molar-refractivity contribution is 5.88. The van der Waals surface area contributed by atoms with Crippen molar-refractivity contribution in [3.63, 3.8) is 0 Å². The van der Waals surface area contributed by atoms with Crippen molar-refractivity contribution in [2.75, 3.05) is 11.9 Å². The number of nitrogens with one attached hydrogen (secondary N) is 1. The molecule has 1 aliphatic rings. The molecular formula is C16H17F2N3. The third kappa shape index (κ3) is 3.17. The Labute approximate surface area is 122 Å². The fraction of sp³-hybridized carbons (Fsp3) is 0.375. The van der Waals surface area contributed by atoms with Crippen LogP contribution in [0, 0.1) is 5.92 Å². The fourth-order valence-electron chi connectivity index (χ4n) is 2.61. The molecule has 110 valence electrons. The monoisotopic (exact) mass is 289 g/mol. The van der Waals surface area contributed by atoms with Gasteiger partial charge in [0.2, 0.25) is 0 Å². The molecule has 0 saturated heterocycles. The smallest absolute Gasteiger partial charge is 0.297 e. The average Bonchev–Trinajstić information content (AvgIpc) is 2.53. The van der Waals surface area contributed by atoms with Crippen LogP contribution in [0.25, 0.3) is 10.9 Å². The molecule has 0 saturated carbocycles. The van der Waals surface area contributed by atoms with Crippen LogP contribution in [-0.4, -0.2) is 16.5 Å². The Balaban J connectivity index is 1.86. The van der Waals surface area contributed by atoms with E-state index >= 15 is 0 Å². The van der Waals surface area contributed by atoms with Gasteiger partial charge >= 0.3 is 0 Å². The van der Waals surface area contributed by atoms with Crippen LogP contribution >= 0.6 is 0 Å². The van der Waals surface area contributed by atoms with Crippen LogP contribution in [-0.2, 0) is 0 Å². The molecule has 1 aromatic carbocycles. The molecule has 1 unspecified atom stereocenters. The molecule has 0 radical (unpaired) electrons. The Kier molecular flexibility index (Phi) is 4.08. The molecule has 0 amide bonds. The summed E-state index contributed by atoms with van der Waals surface area (Å²) in [6.07, 6.45) is 4.93. The van der Waals surface area contributed by atoms with Crippen molar-refractivity contribution in [2.45, 2.75) is 25.7 Å². The molecule has 1 aliphatic carbocycles. The van der Waals surface area contributed by atoms with E-state index in [1.807, 2.05) is 12.1 Å². The lowest BCUT2D eigenvalue weighted by Crippen LogP contribution is -2.16. The summed E-state index contributed by atoms with van der Waals surface area (Å²) >= 11 is 0. The number of nitrogens with zero attached hydrogens (tertiary/aromatic N) is 2. The number of hydrogen-bond acceptors (Lipinski definition) is 3. The zero-order valence-corrected chi connectivity index (χ0v) is 11.6. The lowest BCUT2D eigenvalue weighted by molar-refractivity contribution is 0.141. The van der Waals surface area contributed by atoms with Gasteiger partial charge in [0.05, 0.1) is 5.52 Å². The molecular weight excluding hydrogens is 272 g/mol. The Morgan fingerprint density at radius 1 is 1.19 bits per heavy atom. The van der Waals surface area contributed by atoms with Crippen LogP contribution in [0.4, 0.5) is 14.6 Å². The summed E-state index contributed by atoms with van der Waals surface area (Å²) in [5.41, 5.74) is 0.550. The summed E-state index contributed by atoms with van der Waals surface area (Å²) in [5, 5.41) is 4.02. The topological polar surface area (TPSA) is 37.8 Å². The van der Waals surface area contributed by atoms with Gasteiger partial charge in [0.15, 0.2) is 5.82 Å². The van der Waals surface area contributed by atoms with Gasteiger partial charge in [0, 0.05) is 11.9 Å². The van der Waals surface area contributed by atoms with Crippen LogP contribution in [0.5, 0.6) is 0 Å². The minimum Gasteiger partial charge on any atom is -0.369 e. The van der Waals surface area contributed by atoms with E-state index in [0.29, 0.717) is 17.3 Å². The number of allylic oxidation sites excluding steroid dienone is 2. The van der Waals surface area contributed by atoms with Crippen LogP contribution in [0.15, 0.2) is 36.4 Å². The molecule has 2 aromatic rings. The van der Waals surface area contributed by atoms with Gasteiger partial charge in [-0.2, -0.15) is 0 Å². The average molecular weight is 289 g/mol. The Morgan fingerprint density at radius 2 is 2.05 bits per heavy atom. The molecule has 0 spiro atoms. The van der Waals surface area contributed by atoms with Crippen molar-refractivity contribution >= 4 is 16.7 Å². The first kappa shape index (κ1) is 13.9. The summed E-state index contributed by atoms with van der Waals surface area (Å²) < 4.78 is 25.8. The second-order valence-electron chi connectivity index (χ2n) is 5.28. The minimum atomic E-state index is -2.66. The number of alkyl halides is 2. The van der Waals surface area contributed by atoms with E-state index in [1.165, 1.54) is 0 Å². The van der Waals surface area contributed by atoms with Crippen LogP contribution < -0.4 is 5.32 Å². The van der Waals surface area contributed by atoms with Crippen molar-refractivity contribution in [1.29, 1.82) is 0 Å². The number of fused-ring (bicyclic) bond motifs is 1. The maximum absolute atomic E-state index is 12.9. The fourth-order valence-corrected chi connectivity index (χ4v) is 2.61. The van der Waals surface area contributed by atoms with E-state index in [9.17, 15) is 8.78 Å². The lowest BCUT2D eigenvalue weighted by Gasteiger charge is -2.19. The lowest BCUT2D eigenvalue weighted by atomic mass is 9.94. The van der Waals surface area contributed by atoms with E-state index in [2.05, 4.69) is 27.4 Å². The molecule has 1 N–H and O–H groups in total. The number of halogens is 2. The number of rotatable bonds is 4. The molecule has 0 aliphatic heterocycles. The number of hydrogen-bond donors (Lipinski definition) is 1. The highest BCUT2D eigenvalue weighted by atomic mass is 19.3. The second-order valence-corrected chi connectivity index (χ2v) is 5.28. The van der Waals surface area contributed by atoms with Gasteiger partial charge in [-0.15, -0.1) is 0 Å². The van der Waals surface area contributed by atoms with Gasteiger partial charge in [-0.05, 0) is 37.3 Å². The van der Waals surface area contributed by atoms with Crippen LogP contribution in [0.1, 0.15) is 31.5 Å². The summed E-state index contributed by atoms with van der Waals surface area (Å²) in [6.45, 7) is 0.744. The maximum Gasteiger partial charge on any atom is 0.297 e. The summed E-state index contributed by atoms with van der Waals surface area (Å²) in [7, 11) is 0. The third-order valence-electron chi connectivity index (χ3n) is 3.75. The number of aromatic nitrogens is 2. The Morgan fingerprint density at radius 3 is 2.81 bits per heavy atom. The predicted octanol–water partition coefficient (Wildman–Crippen LogP) is 4.34. The molecule has 1 aromatic heterocycles. The largest absolute Gasteiger partial charge is 0.369 e. The summed E-state index contributed by atoms with van der Waals surface area (Å²) in [4.78, 5) is 7.91. The van der Waals surface area contributed by atoms with Crippen molar-refractivity contribution in [1.82, 2.24) is 9.97 Å².